The molecule has 1 aliphatic rings. The fraction of sp³-hybridized carbons (Fsp3) is 0.353. The molecular formula is C17H20NO3+. The van der Waals surface area contributed by atoms with Crippen molar-refractivity contribution in [3.8, 4) is 5.75 Å². The number of phenolic OH excluding ortho intramolecular Hbond substituents is 1. The maximum atomic E-state index is 11.9. The Bertz CT molecular complexity index is 675. The average Bonchev–Trinajstić information content (AvgIpc) is 3.02. The first-order valence-electron chi connectivity index (χ1n) is 7.36. The molecule has 110 valence electrons. The van der Waals surface area contributed by atoms with Crippen molar-refractivity contribution in [2.45, 2.75) is 19.4 Å². The molecule has 4 nitrogen and oxygen atoms in total. The number of phenols is 1. The zero-order valence-corrected chi connectivity index (χ0v) is 12.2. The molecule has 0 atom stereocenters. The number of aromatic hydroxyl groups is 1. The first-order valence-corrected chi connectivity index (χ1v) is 7.36. The fourth-order valence-electron chi connectivity index (χ4n) is 3.16. The number of esters is 1. The topological polar surface area (TPSA) is 51.0 Å². The second-order valence-corrected chi connectivity index (χ2v) is 5.60. The van der Waals surface area contributed by atoms with E-state index in [-0.39, 0.29) is 11.3 Å². The van der Waals surface area contributed by atoms with Gasteiger partial charge in [-0.25, -0.2) is 4.79 Å². The number of methoxy groups -OCH3 is 1. The lowest BCUT2D eigenvalue weighted by atomic mass is 9.99. The van der Waals surface area contributed by atoms with Gasteiger partial charge in [-0.3, -0.25) is 0 Å². The van der Waals surface area contributed by atoms with Crippen LogP contribution in [-0.2, 0) is 11.3 Å². The summed E-state index contributed by atoms with van der Waals surface area (Å²) in [6.45, 7) is 2.99. The minimum absolute atomic E-state index is 0.0694. The molecule has 0 saturated carbocycles. The molecule has 1 aliphatic heterocycles. The van der Waals surface area contributed by atoms with Gasteiger partial charge in [-0.2, -0.15) is 0 Å². The highest BCUT2D eigenvalue weighted by Gasteiger charge is 2.23. The maximum absolute atomic E-state index is 11.9. The van der Waals surface area contributed by atoms with Crippen LogP contribution in [0.2, 0.25) is 0 Å². The van der Waals surface area contributed by atoms with Crippen molar-refractivity contribution < 1.29 is 19.5 Å². The van der Waals surface area contributed by atoms with Crippen LogP contribution in [0.5, 0.6) is 5.75 Å². The first kappa shape index (κ1) is 13.9. The molecule has 0 radical (unpaired) electrons. The third-order valence-corrected chi connectivity index (χ3v) is 4.27. The van der Waals surface area contributed by atoms with Crippen LogP contribution in [0, 0.1) is 0 Å². The second kappa shape index (κ2) is 5.74. The molecular weight excluding hydrogens is 266 g/mol. The van der Waals surface area contributed by atoms with Crippen LogP contribution in [0.25, 0.3) is 10.8 Å². The Hall–Kier alpha value is -2.07. The summed E-state index contributed by atoms with van der Waals surface area (Å²) in [5.41, 5.74) is 1.11. The zero-order valence-electron chi connectivity index (χ0n) is 12.2. The van der Waals surface area contributed by atoms with E-state index in [0.717, 1.165) is 36.0 Å². The Balaban J connectivity index is 2.13. The summed E-state index contributed by atoms with van der Waals surface area (Å²) in [4.78, 5) is 13.3. The molecule has 1 saturated heterocycles. The molecule has 4 heteroatoms. The number of benzene rings is 2. The van der Waals surface area contributed by atoms with Gasteiger partial charge in [0, 0.05) is 12.8 Å². The van der Waals surface area contributed by atoms with Crippen LogP contribution in [0.4, 0.5) is 0 Å². The highest BCUT2D eigenvalue weighted by atomic mass is 16.5. The van der Waals surface area contributed by atoms with Crippen LogP contribution < -0.4 is 4.90 Å². The largest absolute Gasteiger partial charge is 0.507 e. The molecule has 0 spiro atoms. The molecule has 1 fully saturated rings. The molecule has 21 heavy (non-hydrogen) atoms. The fourth-order valence-corrected chi connectivity index (χ4v) is 3.16. The third-order valence-electron chi connectivity index (χ3n) is 4.27. The van der Waals surface area contributed by atoms with E-state index in [1.54, 1.807) is 6.07 Å². The Morgan fingerprint density at radius 3 is 2.71 bits per heavy atom. The van der Waals surface area contributed by atoms with Crippen LogP contribution >= 0.6 is 0 Å². The predicted octanol–water partition coefficient (Wildman–Crippen LogP) is 1.51. The first-order chi connectivity index (χ1) is 10.2. The van der Waals surface area contributed by atoms with Crippen molar-refractivity contribution >= 4 is 16.7 Å². The van der Waals surface area contributed by atoms with Gasteiger partial charge in [-0.05, 0) is 16.8 Å². The molecule has 2 aromatic carbocycles. The monoisotopic (exact) mass is 286 g/mol. The molecule has 0 unspecified atom stereocenters. The molecule has 2 N–H and O–H groups in total. The molecule has 1 heterocycles. The van der Waals surface area contributed by atoms with E-state index in [1.807, 2.05) is 24.3 Å². The van der Waals surface area contributed by atoms with E-state index < -0.39 is 5.97 Å². The van der Waals surface area contributed by atoms with Crippen LogP contribution in [0.3, 0.4) is 0 Å². The van der Waals surface area contributed by atoms with Crippen molar-refractivity contribution in [3.63, 3.8) is 0 Å². The SMILES string of the molecule is COC(=O)c1cc2ccccc2c(C[NH+]2CCCC2)c1O. The van der Waals surface area contributed by atoms with Crippen molar-refractivity contribution in [2.24, 2.45) is 0 Å². The van der Waals surface area contributed by atoms with Gasteiger partial charge in [0.1, 0.15) is 17.9 Å². The number of quaternary nitrogens is 1. The standard InChI is InChI=1S/C17H19NO3/c1-21-17(20)14-10-12-6-2-3-7-13(12)15(16(14)19)11-18-8-4-5-9-18/h2-3,6-7,10,19H,4-5,8-9,11H2,1H3/p+1. The summed E-state index contributed by atoms with van der Waals surface area (Å²) in [6.07, 6.45) is 2.45. The number of ether oxygens (including phenoxy) is 1. The molecule has 0 bridgehead atoms. The van der Waals surface area contributed by atoms with E-state index in [1.165, 1.54) is 24.9 Å². The smallest absolute Gasteiger partial charge is 0.341 e. The van der Waals surface area contributed by atoms with Gasteiger partial charge in [0.15, 0.2) is 0 Å². The van der Waals surface area contributed by atoms with Crippen LogP contribution in [-0.4, -0.2) is 31.3 Å². The summed E-state index contributed by atoms with van der Waals surface area (Å²) in [6, 6.07) is 9.57. The van der Waals surface area contributed by atoms with Crippen LogP contribution in [0.1, 0.15) is 28.8 Å². The van der Waals surface area contributed by atoms with Crippen LogP contribution in [0.15, 0.2) is 30.3 Å². The second-order valence-electron chi connectivity index (χ2n) is 5.60. The average molecular weight is 286 g/mol. The van der Waals surface area contributed by atoms with Crippen molar-refractivity contribution in [1.82, 2.24) is 0 Å². The Morgan fingerprint density at radius 1 is 1.29 bits per heavy atom. The minimum atomic E-state index is -0.490. The highest BCUT2D eigenvalue weighted by molar-refractivity contribution is 6.00. The lowest BCUT2D eigenvalue weighted by molar-refractivity contribution is -0.901. The molecule has 0 amide bonds. The quantitative estimate of drug-likeness (QED) is 0.841. The number of fused-ring (bicyclic) bond motifs is 1. The van der Waals surface area contributed by atoms with Crippen molar-refractivity contribution in [3.05, 3.63) is 41.5 Å². The van der Waals surface area contributed by atoms with E-state index >= 15 is 0 Å². The number of carbonyl (C=O) groups is 1. The predicted molar refractivity (Wildman–Crippen MR) is 80.6 cm³/mol. The van der Waals surface area contributed by atoms with Gasteiger partial charge in [0.2, 0.25) is 0 Å². The summed E-state index contributed by atoms with van der Waals surface area (Å²) < 4.78 is 4.79. The van der Waals surface area contributed by atoms with E-state index in [2.05, 4.69) is 0 Å². The lowest BCUT2D eigenvalue weighted by Gasteiger charge is -2.17. The Labute approximate surface area is 123 Å². The number of carbonyl (C=O) groups excluding carboxylic acids is 1. The third kappa shape index (κ3) is 2.59. The van der Waals surface area contributed by atoms with E-state index in [9.17, 15) is 9.90 Å². The summed E-state index contributed by atoms with van der Waals surface area (Å²) >= 11 is 0. The molecule has 0 aliphatic carbocycles. The number of rotatable bonds is 3. The van der Waals surface area contributed by atoms with Gasteiger partial charge in [0.25, 0.3) is 0 Å². The van der Waals surface area contributed by atoms with Gasteiger partial charge in [0.05, 0.1) is 25.8 Å². The van der Waals surface area contributed by atoms with Gasteiger partial charge < -0.3 is 14.7 Å². The van der Waals surface area contributed by atoms with Gasteiger partial charge >= 0.3 is 5.97 Å². The van der Waals surface area contributed by atoms with Crippen molar-refractivity contribution in [2.75, 3.05) is 20.2 Å². The summed E-state index contributed by atoms with van der Waals surface area (Å²) in [7, 11) is 1.34. The zero-order chi connectivity index (χ0) is 14.8. The highest BCUT2D eigenvalue weighted by Crippen LogP contribution is 2.31. The lowest BCUT2D eigenvalue weighted by Crippen LogP contribution is -3.08. The Morgan fingerprint density at radius 2 is 2.00 bits per heavy atom. The number of hydrogen-bond donors (Lipinski definition) is 2. The van der Waals surface area contributed by atoms with Gasteiger partial charge in [-0.15, -0.1) is 0 Å². The molecule has 0 aromatic heterocycles. The Kier molecular flexibility index (Phi) is 3.80. The molecule has 2 aromatic rings. The normalized spacial score (nSPS) is 15.5. The van der Waals surface area contributed by atoms with E-state index in [4.69, 9.17) is 4.74 Å². The number of hydrogen-bond acceptors (Lipinski definition) is 3. The number of nitrogens with one attached hydrogen (secondary N) is 1. The summed E-state index contributed by atoms with van der Waals surface area (Å²) in [5.74, 6) is -0.420. The summed E-state index contributed by atoms with van der Waals surface area (Å²) in [5, 5.41) is 12.5. The van der Waals surface area contributed by atoms with Crippen molar-refractivity contribution in [1.29, 1.82) is 0 Å². The van der Waals surface area contributed by atoms with Gasteiger partial charge in [-0.1, -0.05) is 24.3 Å². The molecule has 3 rings (SSSR count). The minimum Gasteiger partial charge on any atom is -0.507 e. The van der Waals surface area contributed by atoms with E-state index in [0.29, 0.717) is 0 Å². The number of likely N-dealkylation sites (tertiary alicyclic amines) is 1. The maximum Gasteiger partial charge on any atom is 0.341 e.